The van der Waals surface area contributed by atoms with Gasteiger partial charge in [-0.2, -0.15) is 5.10 Å². The number of hydrogen-bond donors (Lipinski definition) is 2. The van der Waals surface area contributed by atoms with Crippen molar-refractivity contribution in [2.75, 3.05) is 5.32 Å². The van der Waals surface area contributed by atoms with Crippen molar-refractivity contribution in [3.8, 4) is 0 Å². The van der Waals surface area contributed by atoms with Crippen molar-refractivity contribution in [2.24, 2.45) is 0 Å². The van der Waals surface area contributed by atoms with E-state index in [9.17, 15) is 0 Å². The van der Waals surface area contributed by atoms with Gasteiger partial charge in [0.2, 0.25) is 0 Å². The average molecular weight is 224 g/mol. The minimum Gasteiger partial charge on any atom is -0.362 e. The normalized spacial score (nSPS) is 12.4. The third-order valence-electron chi connectivity index (χ3n) is 2.04. The van der Waals surface area contributed by atoms with E-state index in [0.29, 0.717) is 10.8 Å². The highest BCUT2D eigenvalue weighted by atomic mass is 35.5. The first-order valence-corrected chi connectivity index (χ1v) is 4.86. The van der Waals surface area contributed by atoms with Crippen molar-refractivity contribution in [1.29, 1.82) is 0 Å². The molecular weight excluding hydrogens is 214 g/mol. The second kappa shape index (κ2) is 4.27. The number of halogens is 1. The lowest BCUT2D eigenvalue weighted by Gasteiger charge is -2.12. The van der Waals surface area contributed by atoms with Crippen LogP contribution in [0.4, 0.5) is 5.82 Å². The molecule has 0 aromatic carbocycles. The van der Waals surface area contributed by atoms with Crippen LogP contribution in [0, 0.1) is 0 Å². The number of rotatable bonds is 3. The Morgan fingerprint density at radius 3 is 3.00 bits per heavy atom. The van der Waals surface area contributed by atoms with Crippen LogP contribution in [0.1, 0.15) is 18.5 Å². The van der Waals surface area contributed by atoms with Crippen LogP contribution in [-0.4, -0.2) is 20.2 Å². The highest BCUT2D eigenvalue weighted by molar-refractivity contribution is 6.32. The first-order valence-electron chi connectivity index (χ1n) is 4.48. The number of anilines is 1. The first-order chi connectivity index (χ1) is 7.27. The fourth-order valence-corrected chi connectivity index (χ4v) is 1.36. The third kappa shape index (κ3) is 2.24. The standard InChI is InChI=1S/C9H10ClN5/c1-6(7-2-13-14-3-7)15-9-8(10)4-11-5-12-9/h2-6H,1H3,(H,13,14)(H,11,12,15). The summed E-state index contributed by atoms with van der Waals surface area (Å²) < 4.78 is 0. The molecule has 0 saturated carbocycles. The van der Waals surface area contributed by atoms with Crippen LogP contribution >= 0.6 is 11.6 Å². The molecule has 6 heteroatoms. The van der Waals surface area contributed by atoms with E-state index in [1.807, 2.05) is 13.1 Å². The lowest BCUT2D eigenvalue weighted by molar-refractivity contribution is 0.873. The number of nitrogens with zero attached hydrogens (tertiary/aromatic N) is 3. The SMILES string of the molecule is CC(Nc1ncncc1Cl)c1cn[nH]c1. The minimum atomic E-state index is 0.0937. The molecule has 2 N–H and O–H groups in total. The van der Waals surface area contributed by atoms with Gasteiger partial charge in [0.25, 0.3) is 0 Å². The topological polar surface area (TPSA) is 66.5 Å². The average Bonchev–Trinajstić information content (AvgIpc) is 2.74. The van der Waals surface area contributed by atoms with Crippen LogP contribution in [0.5, 0.6) is 0 Å². The molecule has 0 saturated heterocycles. The van der Waals surface area contributed by atoms with Crippen molar-refractivity contribution in [2.45, 2.75) is 13.0 Å². The van der Waals surface area contributed by atoms with E-state index in [1.165, 1.54) is 6.33 Å². The summed E-state index contributed by atoms with van der Waals surface area (Å²) in [6.45, 7) is 2.00. The summed E-state index contributed by atoms with van der Waals surface area (Å²) in [7, 11) is 0. The van der Waals surface area contributed by atoms with Gasteiger partial charge in [-0.15, -0.1) is 0 Å². The van der Waals surface area contributed by atoms with Gasteiger partial charge in [-0.3, -0.25) is 5.10 Å². The molecule has 0 aliphatic rings. The predicted octanol–water partition coefficient (Wildman–Crippen LogP) is 2.03. The van der Waals surface area contributed by atoms with Gasteiger partial charge in [0.05, 0.1) is 18.4 Å². The van der Waals surface area contributed by atoms with Crippen molar-refractivity contribution in [1.82, 2.24) is 20.2 Å². The predicted molar refractivity (Wildman–Crippen MR) is 57.7 cm³/mol. The molecule has 15 heavy (non-hydrogen) atoms. The molecule has 2 aromatic rings. The fourth-order valence-electron chi connectivity index (χ4n) is 1.20. The molecule has 2 aromatic heterocycles. The quantitative estimate of drug-likeness (QED) is 0.836. The highest BCUT2D eigenvalue weighted by Gasteiger charge is 2.08. The first kappa shape index (κ1) is 9.92. The van der Waals surface area contributed by atoms with E-state index < -0.39 is 0 Å². The molecule has 2 heterocycles. The highest BCUT2D eigenvalue weighted by Crippen LogP contribution is 2.21. The number of hydrogen-bond acceptors (Lipinski definition) is 4. The van der Waals surface area contributed by atoms with Gasteiger partial charge < -0.3 is 5.32 Å². The zero-order valence-electron chi connectivity index (χ0n) is 8.11. The van der Waals surface area contributed by atoms with Crippen LogP contribution < -0.4 is 5.32 Å². The van der Waals surface area contributed by atoms with Gasteiger partial charge in [0.1, 0.15) is 17.2 Å². The van der Waals surface area contributed by atoms with Gasteiger partial charge in [0.15, 0.2) is 0 Å². The smallest absolute Gasteiger partial charge is 0.148 e. The summed E-state index contributed by atoms with van der Waals surface area (Å²) in [5.74, 6) is 0.625. The molecule has 0 amide bonds. The van der Waals surface area contributed by atoms with E-state index in [4.69, 9.17) is 11.6 Å². The van der Waals surface area contributed by atoms with Gasteiger partial charge in [-0.1, -0.05) is 11.6 Å². The number of aromatic nitrogens is 4. The summed E-state index contributed by atoms with van der Waals surface area (Å²) in [4.78, 5) is 7.86. The summed E-state index contributed by atoms with van der Waals surface area (Å²) >= 11 is 5.92. The molecule has 0 fully saturated rings. The zero-order chi connectivity index (χ0) is 10.7. The molecule has 1 atom stereocenters. The Labute approximate surface area is 91.9 Å². The van der Waals surface area contributed by atoms with Crippen LogP contribution in [0.3, 0.4) is 0 Å². The van der Waals surface area contributed by atoms with Gasteiger partial charge >= 0.3 is 0 Å². The Hall–Kier alpha value is -1.62. The second-order valence-corrected chi connectivity index (χ2v) is 3.52. The third-order valence-corrected chi connectivity index (χ3v) is 2.32. The summed E-state index contributed by atoms with van der Waals surface area (Å²) in [5, 5.41) is 10.3. The Balaban J connectivity index is 2.13. The molecule has 0 spiro atoms. The minimum absolute atomic E-state index is 0.0937. The molecule has 0 aliphatic carbocycles. The Morgan fingerprint density at radius 2 is 2.33 bits per heavy atom. The van der Waals surface area contributed by atoms with Crippen LogP contribution in [0.25, 0.3) is 0 Å². The van der Waals surface area contributed by atoms with Gasteiger partial charge in [-0.25, -0.2) is 9.97 Å². The maximum atomic E-state index is 5.92. The lowest BCUT2D eigenvalue weighted by Crippen LogP contribution is -2.07. The fraction of sp³-hybridized carbons (Fsp3) is 0.222. The van der Waals surface area contributed by atoms with E-state index in [-0.39, 0.29) is 6.04 Å². The molecule has 78 valence electrons. The maximum absolute atomic E-state index is 5.92. The van der Waals surface area contributed by atoms with E-state index in [1.54, 1.807) is 12.4 Å². The molecule has 0 aliphatic heterocycles. The molecular formula is C9H10ClN5. The zero-order valence-corrected chi connectivity index (χ0v) is 8.86. The Morgan fingerprint density at radius 1 is 1.47 bits per heavy atom. The van der Waals surface area contributed by atoms with Crippen LogP contribution in [0.15, 0.2) is 24.9 Å². The monoisotopic (exact) mass is 223 g/mol. The van der Waals surface area contributed by atoms with E-state index in [2.05, 4.69) is 25.5 Å². The largest absolute Gasteiger partial charge is 0.362 e. The maximum Gasteiger partial charge on any atom is 0.148 e. The number of nitrogens with one attached hydrogen (secondary N) is 2. The van der Waals surface area contributed by atoms with Crippen molar-refractivity contribution in [3.05, 3.63) is 35.5 Å². The van der Waals surface area contributed by atoms with E-state index in [0.717, 1.165) is 5.56 Å². The lowest BCUT2D eigenvalue weighted by atomic mass is 10.2. The summed E-state index contributed by atoms with van der Waals surface area (Å²) in [6, 6.07) is 0.0937. The van der Waals surface area contributed by atoms with Crippen LogP contribution in [-0.2, 0) is 0 Å². The summed E-state index contributed by atoms with van der Waals surface area (Å²) in [6.07, 6.45) is 6.59. The van der Waals surface area contributed by atoms with E-state index >= 15 is 0 Å². The number of aromatic amines is 1. The van der Waals surface area contributed by atoms with Crippen molar-refractivity contribution < 1.29 is 0 Å². The Bertz CT molecular complexity index is 428. The van der Waals surface area contributed by atoms with Crippen molar-refractivity contribution in [3.63, 3.8) is 0 Å². The van der Waals surface area contributed by atoms with Gasteiger partial charge in [-0.05, 0) is 6.92 Å². The molecule has 5 nitrogen and oxygen atoms in total. The number of H-pyrrole nitrogens is 1. The Kier molecular flexibility index (Phi) is 2.82. The molecule has 0 radical (unpaired) electrons. The van der Waals surface area contributed by atoms with Crippen molar-refractivity contribution >= 4 is 17.4 Å². The molecule has 1 unspecified atom stereocenters. The molecule has 2 rings (SSSR count). The summed E-state index contributed by atoms with van der Waals surface area (Å²) in [5.41, 5.74) is 1.05. The van der Waals surface area contributed by atoms with Crippen LogP contribution in [0.2, 0.25) is 5.02 Å². The second-order valence-electron chi connectivity index (χ2n) is 3.12. The van der Waals surface area contributed by atoms with Gasteiger partial charge in [0, 0.05) is 11.8 Å². The molecule has 0 bridgehead atoms.